The number of carbonyl (C=O) groups excluding carboxylic acids is 2. The lowest BCUT2D eigenvalue weighted by molar-refractivity contribution is -0.141. The number of carbonyl (C=O) groups is 2. The van der Waals surface area contributed by atoms with Crippen molar-refractivity contribution in [3.8, 4) is 16.3 Å². The minimum Gasteiger partial charge on any atom is -0.493 e. The second-order valence-corrected chi connectivity index (χ2v) is 11.0. The Labute approximate surface area is 250 Å². The molecular weight excluding hydrogens is 544 g/mol. The normalized spacial score (nSPS) is 11.5. The average Bonchev–Trinajstić information content (AvgIpc) is 3.42. The first-order valence-corrected chi connectivity index (χ1v) is 14.6. The molecule has 0 saturated carbocycles. The van der Waals surface area contributed by atoms with E-state index in [-0.39, 0.29) is 5.78 Å². The molecule has 42 heavy (non-hydrogen) atoms. The summed E-state index contributed by atoms with van der Waals surface area (Å²) in [6.45, 7) is 2.60. The molecule has 0 spiro atoms. The number of aryl methyl sites for hydroxylation is 1. The van der Waals surface area contributed by atoms with E-state index in [0.717, 1.165) is 27.6 Å². The van der Waals surface area contributed by atoms with Crippen molar-refractivity contribution in [3.63, 3.8) is 0 Å². The van der Waals surface area contributed by atoms with Gasteiger partial charge in [0.1, 0.15) is 16.8 Å². The van der Waals surface area contributed by atoms with Crippen LogP contribution >= 0.6 is 11.3 Å². The van der Waals surface area contributed by atoms with Gasteiger partial charge in [0, 0.05) is 40.1 Å². The van der Waals surface area contributed by atoms with E-state index in [2.05, 4.69) is 24.4 Å². The molecule has 1 atom stereocenters. The van der Waals surface area contributed by atoms with Crippen LogP contribution in [0.3, 0.4) is 0 Å². The number of hydrogen-bond donors (Lipinski definition) is 1. The summed E-state index contributed by atoms with van der Waals surface area (Å²) >= 11 is 1.70. The summed E-state index contributed by atoms with van der Waals surface area (Å²) in [6, 6.07) is 33.5. The predicted octanol–water partition coefficient (Wildman–Crippen LogP) is 7.17. The molecule has 0 unspecified atom stereocenters. The van der Waals surface area contributed by atoms with Crippen LogP contribution in [0.2, 0.25) is 0 Å². The van der Waals surface area contributed by atoms with Crippen LogP contribution in [-0.2, 0) is 22.4 Å². The maximum Gasteiger partial charge on any atom is 0.328 e. The zero-order valence-electron chi connectivity index (χ0n) is 23.6. The van der Waals surface area contributed by atoms with E-state index >= 15 is 0 Å². The Hall–Kier alpha value is -4.75. The third-order valence-electron chi connectivity index (χ3n) is 6.91. The Morgan fingerprint density at radius 2 is 1.52 bits per heavy atom. The quantitative estimate of drug-likeness (QED) is 0.125. The van der Waals surface area contributed by atoms with Gasteiger partial charge < -0.3 is 14.8 Å². The van der Waals surface area contributed by atoms with Crippen LogP contribution in [0.5, 0.6) is 5.75 Å². The summed E-state index contributed by atoms with van der Waals surface area (Å²) in [7, 11) is 1.36. The molecule has 0 aliphatic heterocycles. The highest BCUT2D eigenvalue weighted by Gasteiger charge is 2.22. The van der Waals surface area contributed by atoms with Crippen LogP contribution in [-0.4, -0.2) is 36.5 Å². The summed E-state index contributed by atoms with van der Waals surface area (Å²) in [5, 5.41) is 4.27. The minimum absolute atomic E-state index is 0.118. The van der Waals surface area contributed by atoms with Gasteiger partial charge in [-0.2, -0.15) is 0 Å². The third-order valence-corrected chi connectivity index (χ3v) is 7.97. The van der Waals surface area contributed by atoms with Gasteiger partial charge in [-0.3, -0.25) is 4.79 Å². The first-order valence-electron chi connectivity index (χ1n) is 13.8. The van der Waals surface area contributed by atoms with Crippen molar-refractivity contribution >= 4 is 28.8 Å². The Bertz CT molecular complexity index is 1630. The molecule has 1 N–H and O–H groups in total. The highest BCUT2D eigenvalue weighted by atomic mass is 32.1. The number of thiazole rings is 1. The summed E-state index contributed by atoms with van der Waals surface area (Å²) in [5.74, 6) is 0.218. The summed E-state index contributed by atoms with van der Waals surface area (Å²) < 4.78 is 11.1. The zero-order chi connectivity index (χ0) is 29.3. The second kappa shape index (κ2) is 13.7. The van der Waals surface area contributed by atoms with Gasteiger partial charge in [-0.05, 0) is 36.8 Å². The molecule has 0 amide bonds. The lowest BCUT2D eigenvalue weighted by atomic mass is 10.00. The van der Waals surface area contributed by atoms with Crippen molar-refractivity contribution in [3.05, 3.63) is 136 Å². The molecule has 0 saturated heterocycles. The molecule has 0 aliphatic rings. The van der Waals surface area contributed by atoms with Gasteiger partial charge in [0.15, 0.2) is 5.78 Å². The predicted molar refractivity (Wildman–Crippen MR) is 167 cm³/mol. The highest BCUT2D eigenvalue weighted by molar-refractivity contribution is 7.15. The van der Waals surface area contributed by atoms with Crippen molar-refractivity contribution in [2.45, 2.75) is 25.8 Å². The van der Waals surface area contributed by atoms with E-state index in [0.29, 0.717) is 36.3 Å². The van der Waals surface area contributed by atoms with Crippen LogP contribution in [0.25, 0.3) is 10.6 Å². The maximum absolute atomic E-state index is 13.2. The molecule has 5 aromatic rings. The van der Waals surface area contributed by atoms with Crippen LogP contribution in [0.1, 0.15) is 32.1 Å². The van der Waals surface area contributed by atoms with Gasteiger partial charge >= 0.3 is 5.97 Å². The molecule has 0 fully saturated rings. The fraction of sp³-hybridized carbons (Fsp3) is 0.171. The molecule has 0 bridgehead atoms. The average molecular weight is 577 g/mol. The van der Waals surface area contributed by atoms with E-state index < -0.39 is 12.0 Å². The number of rotatable bonds is 12. The van der Waals surface area contributed by atoms with Crippen molar-refractivity contribution < 1.29 is 19.1 Å². The molecule has 5 rings (SSSR count). The van der Waals surface area contributed by atoms with Crippen LogP contribution < -0.4 is 10.1 Å². The zero-order valence-corrected chi connectivity index (χ0v) is 24.4. The third kappa shape index (κ3) is 7.11. The maximum atomic E-state index is 13.2. The van der Waals surface area contributed by atoms with E-state index in [1.807, 2.05) is 72.8 Å². The lowest BCUT2D eigenvalue weighted by Gasteiger charge is -2.20. The fourth-order valence-electron chi connectivity index (χ4n) is 4.66. The molecule has 0 aliphatic carbocycles. The lowest BCUT2D eigenvalue weighted by Crippen LogP contribution is -2.33. The topological polar surface area (TPSA) is 77.5 Å². The standard InChI is InChI=1S/C35H32N2O4S/c1-24-30(37-34(42-24)27-13-7-4-8-14-27)21-22-41-28-19-17-25(18-20-28)23-32(35(39)40-2)36-31-16-10-9-15-29(31)33(38)26-11-5-3-6-12-26/h3-20,32,36H,21-23H2,1-2H3/t32-/m0/s1. The van der Waals surface area contributed by atoms with E-state index in [1.54, 1.807) is 35.6 Å². The molecular formula is C35H32N2O4S. The molecule has 6 nitrogen and oxygen atoms in total. The number of methoxy groups -OCH3 is 1. The fourth-order valence-corrected chi connectivity index (χ4v) is 5.63. The van der Waals surface area contributed by atoms with Gasteiger partial charge in [-0.15, -0.1) is 11.3 Å². The molecule has 1 aromatic heterocycles. The number of benzene rings is 4. The van der Waals surface area contributed by atoms with Gasteiger partial charge in [-0.25, -0.2) is 9.78 Å². The van der Waals surface area contributed by atoms with Crippen LogP contribution in [0.15, 0.2) is 109 Å². The van der Waals surface area contributed by atoms with Crippen molar-refractivity contribution in [2.24, 2.45) is 0 Å². The molecule has 212 valence electrons. The number of ether oxygens (including phenoxy) is 2. The van der Waals surface area contributed by atoms with Gasteiger partial charge in [0.25, 0.3) is 0 Å². The second-order valence-electron chi connectivity index (χ2n) is 9.80. The van der Waals surface area contributed by atoms with Gasteiger partial charge in [0.2, 0.25) is 0 Å². The van der Waals surface area contributed by atoms with Crippen molar-refractivity contribution in [1.29, 1.82) is 0 Å². The summed E-state index contributed by atoms with van der Waals surface area (Å²) in [6.07, 6.45) is 1.09. The SMILES string of the molecule is COC(=O)[C@H](Cc1ccc(OCCc2nc(-c3ccccc3)sc2C)cc1)Nc1ccccc1C(=O)c1ccccc1. The smallest absolute Gasteiger partial charge is 0.328 e. The molecule has 0 radical (unpaired) electrons. The van der Waals surface area contributed by atoms with Crippen LogP contribution in [0.4, 0.5) is 5.69 Å². The molecule has 4 aromatic carbocycles. The van der Waals surface area contributed by atoms with Crippen molar-refractivity contribution in [2.75, 3.05) is 19.0 Å². The largest absolute Gasteiger partial charge is 0.493 e. The molecule has 1 heterocycles. The Balaban J connectivity index is 1.21. The monoisotopic (exact) mass is 576 g/mol. The Kier molecular flexibility index (Phi) is 9.41. The van der Waals surface area contributed by atoms with E-state index in [1.165, 1.54) is 12.0 Å². The number of esters is 1. The number of nitrogens with zero attached hydrogens (tertiary/aromatic N) is 1. The van der Waals surface area contributed by atoms with Crippen LogP contribution in [0, 0.1) is 6.92 Å². The first-order chi connectivity index (χ1) is 20.5. The first kappa shape index (κ1) is 28.8. The number of nitrogens with one attached hydrogen (secondary N) is 1. The van der Waals surface area contributed by atoms with Gasteiger partial charge in [0.05, 0.1) is 19.4 Å². The Morgan fingerprint density at radius 3 is 2.24 bits per heavy atom. The summed E-state index contributed by atoms with van der Waals surface area (Å²) in [4.78, 5) is 31.9. The van der Waals surface area contributed by atoms with Gasteiger partial charge in [-0.1, -0.05) is 84.9 Å². The number of aromatic nitrogens is 1. The number of hydrogen-bond acceptors (Lipinski definition) is 7. The van der Waals surface area contributed by atoms with E-state index in [9.17, 15) is 9.59 Å². The number of anilines is 1. The minimum atomic E-state index is -0.682. The summed E-state index contributed by atoms with van der Waals surface area (Å²) in [5.41, 5.74) is 4.76. The number of ketones is 1. The Morgan fingerprint density at radius 1 is 0.857 bits per heavy atom. The highest BCUT2D eigenvalue weighted by Crippen LogP contribution is 2.28. The van der Waals surface area contributed by atoms with Crippen molar-refractivity contribution in [1.82, 2.24) is 4.98 Å². The van der Waals surface area contributed by atoms with E-state index in [4.69, 9.17) is 14.5 Å². The number of para-hydroxylation sites is 1. The molecule has 7 heteroatoms.